The Balaban J connectivity index is 1.77. The zero-order valence-electron chi connectivity index (χ0n) is 15.4. The minimum absolute atomic E-state index is 0.00423. The van der Waals surface area contributed by atoms with Crippen molar-refractivity contribution in [3.8, 4) is 0 Å². The zero-order chi connectivity index (χ0) is 18.9. The number of ether oxygens (including phenoxy) is 1. The molecule has 2 heterocycles. The first-order valence-corrected chi connectivity index (χ1v) is 8.87. The van der Waals surface area contributed by atoms with Crippen molar-refractivity contribution < 1.29 is 19.1 Å². The normalized spacial score (nSPS) is 18.9. The van der Waals surface area contributed by atoms with Crippen molar-refractivity contribution in [3.05, 3.63) is 46.5 Å². The van der Waals surface area contributed by atoms with Crippen LogP contribution in [0.1, 0.15) is 37.8 Å². The summed E-state index contributed by atoms with van der Waals surface area (Å²) in [6.45, 7) is 6.50. The van der Waals surface area contributed by atoms with Gasteiger partial charge in [-0.2, -0.15) is 0 Å². The van der Waals surface area contributed by atoms with Gasteiger partial charge in [0.25, 0.3) is 5.91 Å². The van der Waals surface area contributed by atoms with Crippen molar-refractivity contribution in [2.24, 2.45) is 0 Å². The van der Waals surface area contributed by atoms with Crippen LogP contribution in [-0.2, 0) is 25.7 Å². The highest BCUT2D eigenvalue weighted by atomic mass is 16.6. The van der Waals surface area contributed by atoms with Crippen LogP contribution in [0.15, 0.2) is 35.4 Å². The molecule has 1 spiro atoms. The standard InChI is InChI=1S/C20H24N2O4/c1-13-6-4-5-7-16(13)12-21-18(24)17-14(2)19(25)26-20(17)8-10-22(11-9-20)15(3)23/h4-7H,8-12H2,1-3H3,(H,21,24). The van der Waals surface area contributed by atoms with Crippen LogP contribution < -0.4 is 5.32 Å². The van der Waals surface area contributed by atoms with Crippen molar-refractivity contribution in [3.63, 3.8) is 0 Å². The first kappa shape index (κ1) is 18.2. The highest BCUT2D eigenvalue weighted by molar-refractivity contribution is 6.07. The molecular formula is C20H24N2O4. The fraction of sp³-hybridized carbons (Fsp3) is 0.450. The molecule has 0 radical (unpaired) electrons. The molecule has 6 nitrogen and oxygen atoms in total. The molecule has 2 aliphatic heterocycles. The molecule has 0 unspecified atom stereocenters. The lowest BCUT2D eigenvalue weighted by atomic mass is 9.82. The Hall–Kier alpha value is -2.63. The summed E-state index contributed by atoms with van der Waals surface area (Å²) < 4.78 is 5.63. The molecule has 26 heavy (non-hydrogen) atoms. The third-order valence-corrected chi connectivity index (χ3v) is 5.37. The fourth-order valence-electron chi connectivity index (χ4n) is 3.73. The second-order valence-electron chi connectivity index (χ2n) is 7.00. The molecule has 0 aliphatic carbocycles. The minimum atomic E-state index is -0.914. The highest BCUT2D eigenvalue weighted by Crippen LogP contribution is 2.41. The fourth-order valence-corrected chi connectivity index (χ4v) is 3.73. The molecule has 6 heteroatoms. The summed E-state index contributed by atoms with van der Waals surface area (Å²) in [5, 5.41) is 2.93. The third kappa shape index (κ3) is 3.23. The van der Waals surface area contributed by atoms with Gasteiger partial charge in [-0.1, -0.05) is 24.3 Å². The number of nitrogens with zero attached hydrogens (tertiary/aromatic N) is 1. The number of benzene rings is 1. The van der Waals surface area contributed by atoms with Crippen molar-refractivity contribution in [2.45, 2.75) is 45.8 Å². The molecule has 138 valence electrons. The van der Waals surface area contributed by atoms with Gasteiger partial charge < -0.3 is 15.0 Å². The summed E-state index contributed by atoms with van der Waals surface area (Å²) >= 11 is 0. The summed E-state index contributed by atoms with van der Waals surface area (Å²) in [6.07, 6.45) is 0.894. The second kappa shape index (κ2) is 6.94. The summed E-state index contributed by atoms with van der Waals surface area (Å²) in [5.41, 5.74) is 2.00. The molecule has 1 N–H and O–H groups in total. The van der Waals surface area contributed by atoms with E-state index in [4.69, 9.17) is 4.74 Å². The number of hydrogen-bond donors (Lipinski definition) is 1. The van der Waals surface area contributed by atoms with Crippen molar-refractivity contribution in [2.75, 3.05) is 13.1 Å². The molecule has 3 rings (SSSR count). The van der Waals surface area contributed by atoms with E-state index in [0.717, 1.165) is 11.1 Å². The lowest BCUT2D eigenvalue weighted by Crippen LogP contribution is -2.49. The van der Waals surface area contributed by atoms with Gasteiger partial charge in [-0.3, -0.25) is 9.59 Å². The van der Waals surface area contributed by atoms with Gasteiger partial charge >= 0.3 is 5.97 Å². The predicted octanol–water partition coefficient (Wildman–Crippen LogP) is 1.87. The van der Waals surface area contributed by atoms with Gasteiger partial charge in [-0.15, -0.1) is 0 Å². The Morgan fingerprint density at radius 1 is 1.19 bits per heavy atom. The van der Waals surface area contributed by atoms with Crippen LogP contribution in [0.25, 0.3) is 0 Å². The van der Waals surface area contributed by atoms with E-state index in [1.807, 2.05) is 31.2 Å². The number of likely N-dealkylation sites (tertiary alicyclic amines) is 1. The minimum Gasteiger partial charge on any atom is -0.450 e. The average molecular weight is 356 g/mol. The van der Waals surface area contributed by atoms with Gasteiger partial charge in [0.05, 0.1) is 5.57 Å². The maximum Gasteiger partial charge on any atom is 0.335 e. The van der Waals surface area contributed by atoms with E-state index >= 15 is 0 Å². The number of piperidine rings is 1. The van der Waals surface area contributed by atoms with Gasteiger partial charge in [-0.05, 0) is 25.0 Å². The van der Waals surface area contributed by atoms with Crippen LogP contribution in [0.3, 0.4) is 0 Å². The van der Waals surface area contributed by atoms with Crippen LogP contribution in [0.2, 0.25) is 0 Å². The first-order valence-electron chi connectivity index (χ1n) is 8.87. The third-order valence-electron chi connectivity index (χ3n) is 5.37. The summed E-state index contributed by atoms with van der Waals surface area (Å²) in [7, 11) is 0. The summed E-state index contributed by atoms with van der Waals surface area (Å²) in [5.74, 6) is -0.717. The predicted molar refractivity (Wildman–Crippen MR) is 96.0 cm³/mol. The number of amides is 2. The number of rotatable bonds is 3. The van der Waals surface area contributed by atoms with E-state index < -0.39 is 11.6 Å². The molecule has 0 bridgehead atoms. The van der Waals surface area contributed by atoms with Crippen LogP contribution in [0.4, 0.5) is 0 Å². The highest BCUT2D eigenvalue weighted by Gasteiger charge is 2.50. The Labute approximate surface area is 153 Å². The van der Waals surface area contributed by atoms with Gasteiger partial charge in [-0.25, -0.2) is 4.79 Å². The van der Waals surface area contributed by atoms with Crippen LogP contribution in [-0.4, -0.2) is 41.4 Å². The smallest absolute Gasteiger partial charge is 0.335 e. The van der Waals surface area contributed by atoms with E-state index in [9.17, 15) is 14.4 Å². The second-order valence-corrected chi connectivity index (χ2v) is 7.00. The quantitative estimate of drug-likeness (QED) is 0.839. The van der Waals surface area contributed by atoms with Crippen molar-refractivity contribution in [1.82, 2.24) is 10.2 Å². The maximum atomic E-state index is 12.9. The van der Waals surface area contributed by atoms with E-state index in [1.165, 1.54) is 6.92 Å². The van der Waals surface area contributed by atoms with E-state index in [1.54, 1.807) is 11.8 Å². The Morgan fingerprint density at radius 2 is 1.85 bits per heavy atom. The van der Waals surface area contributed by atoms with Crippen LogP contribution >= 0.6 is 0 Å². The Kier molecular flexibility index (Phi) is 4.85. The number of esters is 1. The van der Waals surface area contributed by atoms with Gasteiger partial charge in [0, 0.05) is 45.0 Å². The number of aryl methyl sites for hydroxylation is 1. The molecule has 0 atom stereocenters. The molecule has 2 amide bonds. The van der Waals surface area contributed by atoms with Crippen molar-refractivity contribution >= 4 is 17.8 Å². The molecule has 0 saturated carbocycles. The summed E-state index contributed by atoms with van der Waals surface area (Å²) in [6, 6.07) is 7.84. The number of nitrogens with one attached hydrogen (secondary N) is 1. The van der Waals surface area contributed by atoms with E-state index in [2.05, 4.69) is 5.32 Å². The largest absolute Gasteiger partial charge is 0.450 e. The topological polar surface area (TPSA) is 75.7 Å². The number of carbonyl (C=O) groups excluding carboxylic acids is 3. The van der Waals surface area contributed by atoms with E-state index in [-0.39, 0.29) is 11.8 Å². The lowest BCUT2D eigenvalue weighted by molar-refractivity contribution is -0.152. The van der Waals surface area contributed by atoms with Gasteiger partial charge in [0.1, 0.15) is 5.60 Å². The molecular weight excluding hydrogens is 332 g/mol. The first-order chi connectivity index (χ1) is 12.3. The molecule has 1 saturated heterocycles. The maximum absolute atomic E-state index is 12.9. The number of carbonyl (C=O) groups is 3. The summed E-state index contributed by atoms with van der Waals surface area (Å²) in [4.78, 5) is 38.3. The molecule has 2 aliphatic rings. The van der Waals surface area contributed by atoms with Crippen LogP contribution in [0.5, 0.6) is 0 Å². The Bertz CT molecular complexity index is 789. The van der Waals surface area contributed by atoms with Crippen molar-refractivity contribution in [1.29, 1.82) is 0 Å². The zero-order valence-corrected chi connectivity index (χ0v) is 15.4. The lowest BCUT2D eigenvalue weighted by Gasteiger charge is -2.39. The Morgan fingerprint density at radius 3 is 2.46 bits per heavy atom. The van der Waals surface area contributed by atoms with E-state index in [0.29, 0.717) is 43.6 Å². The van der Waals surface area contributed by atoms with Gasteiger partial charge in [0.2, 0.25) is 5.91 Å². The molecule has 1 aromatic rings. The number of hydrogen-bond acceptors (Lipinski definition) is 4. The molecule has 1 fully saturated rings. The van der Waals surface area contributed by atoms with Gasteiger partial charge in [0.15, 0.2) is 0 Å². The molecule has 0 aromatic heterocycles. The van der Waals surface area contributed by atoms with Crippen LogP contribution in [0, 0.1) is 6.92 Å². The molecule has 1 aromatic carbocycles. The average Bonchev–Trinajstić information content (AvgIpc) is 2.84. The SMILES string of the molecule is CC(=O)N1CCC2(CC1)OC(=O)C(C)=C2C(=O)NCc1ccccc1C. The monoisotopic (exact) mass is 356 g/mol.